The molecule has 0 atom stereocenters. The number of alkyl halides is 1. The van der Waals surface area contributed by atoms with Crippen molar-refractivity contribution in [2.24, 2.45) is 0 Å². The van der Waals surface area contributed by atoms with Gasteiger partial charge in [0.2, 0.25) is 5.91 Å². The molecule has 0 aliphatic carbocycles. The predicted molar refractivity (Wildman–Crippen MR) is 63.1 cm³/mol. The van der Waals surface area contributed by atoms with Crippen LogP contribution in [0.2, 0.25) is 0 Å². The van der Waals surface area contributed by atoms with Crippen LogP contribution >= 0.6 is 15.9 Å². The van der Waals surface area contributed by atoms with Gasteiger partial charge in [0.15, 0.2) is 0 Å². The molecule has 1 amide bonds. The maximum atomic E-state index is 11.2. The zero-order valence-electron chi connectivity index (χ0n) is 8.60. The van der Waals surface area contributed by atoms with Gasteiger partial charge >= 0.3 is 0 Å². The minimum Gasteiger partial charge on any atom is -0.325 e. The van der Waals surface area contributed by atoms with E-state index < -0.39 is 0 Å². The lowest BCUT2D eigenvalue weighted by Crippen LogP contribution is -2.14. The molecule has 0 saturated carbocycles. The molecule has 3 nitrogen and oxygen atoms in total. The molecular formula is C11H11BrN2O. The van der Waals surface area contributed by atoms with E-state index in [1.807, 2.05) is 13.8 Å². The minimum absolute atomic E-state index is 0.0918. The van der Waals surface area contributed by atoms with Gasteiger partial charge in [0.25, 0.3) is 0 Å². The standard InChI is InChI=1S/C11H11BrN2O/c1-7-3-9(6-13)4-8(2)11(7)14-10(15)5-12/h3-4H,5H2,1-2H3,(H,14,15). The monoisotopic (exact) mass is 266 g/mol. The summed E-state index contributed by atoms with van der Waals surface area (Å²) in [6.07, 6.45) is 0. The second-order valence-electron chi connectivity index (χ2n) is 3.28. The first-order chi connectivity index (χ1) is 7.08. The van der Waals surface area contributed by atoms with Gasteiger partial charge in [0.05, 0.1) is 17.0 Å². The summed E-state index contributed by atoms with van der Waals surface area (Å²) in [7, 11) is 0. The van der Waals surface area contributed by atoms with Crippen molar-refractivity contribution in [2.45, 2.75) is 13.8 Å². The molecule has 15 heavy (non-hydrogen) atoms. The summed E-state index contributed by atoms with van der Waals surface area (Å²) in [5.41, 5.74) is 3.21. The summed E-state index contributed by atoms with van der Waals surface area (Å²) in [5, 5.41) is 11.8. The Morgan fingerprint density at radius 1 is 1.47 bits per heavy atom. The fourth-order valence-electron chi connectivity index (χ4n) is 1.40. The summed E-state index contributed by atoms with van der Waals surface area (Å²) in [6.45, 7) is 3.75. The quantitative estimate of drug-likeness (QED) is 0.837. The van der Waals surface area contributed by atoms with Gasteiger partial charge in [-0.05, 0) is 37.1 Å². The first-order valence-corrected chi connectivity index (χ1v) is 5.57. The Balaban J connectivity index is 3.10. The molecule has 1 aromatic carbocycles. The maximum Gasteiger partial charge on any atom is 0.235 e. The molecule has 0 saturated heterocycles. The maximum absolute atomic E-state index is 11.2. The zero-order chi connectivity index (χ0) is 11.4. The number of nitriles is 1. The first-order valence-electron chi connectivity index (χ1n) is 4.45. The van der Waals surface area contributed by atoms with E-state index >= 15 is 0 Å². The van der Waals surface area contributed by atoms with E-state index in [1.54, 1.807) is 12.1 Å². The summed E-state index contributed by atoms with van der Waals surface area (Å²) in [4.78, 5) is 11.2. The summed E-state index contributed by atoms with van der Waals surface area (Å²) in [6, 6.07) is 5.60. The Bertz CT molecular complexity index is 412. The number of carbonyl (C=O) groups is 1. The van der Waals surface area contributed by atoms with Crippen LogP contribution in [0.4, 0.5) is 5.69 Å². The highest BCUT2D eigenvalue weighted by molar-refractivity contribution is 9.09. The Morgan fingerprint density at radius 3 is 2.40 bits per heavy atom. The predicted octanol–water partition coefficient (Wildman–Crippen LogP) is 2.51. The lowest BCUT2D eigenvalue weighted by atomic mass is 10.0. The van der Waals surface area contributed by atoms with Gasteiger partial charge < -0.3 is 5.32 Å². The second kappa shape index (κ2) is 4.94. The number of benzene rings is 1. The highest BCUT2D eigenvalue weighted by Crippen LogP contribution is 2.21. The third-order valence-corrected chi connectivity index (χ3v) is 2.56. The van der Waals surface area contributed by atoms with Crippen molar-refractivity contribution in [1.82, 2.24) is 0 Å². The van der Waals surface area contributed by atoms with Crippen molar-refractivity contribution >= 4 is 27.5 Å². The van der Waals surface area contributed by atoms with Crippen LogP contribution in [0.15, 0.2) is 12.1 Å². The number of hydrogen-bond acceptors (Lipinski definition) is 2. The average Bonchev–Trinajstić information content (AvgIpc) is 2.22. The van der Waals surface area contributed by atoms with Crippen molar-refractivity contribution in [3.05, 3.63) is 28.8 Å². The molecule has 0 heterocycles. The van der Waals surface area contributed by atoms with Gasteiger partial charge in [-0.3, -0.25) is 4.79 Å². The number of nitrogens with one attached hydrogen (secondary N) is 1. The molecule has 1 aromatic rings. The molecule has 1 N–H and O–H groups in total. The molecule has 0 radical (unpaired) electrons. The van der Waals surface area contributed by atoms with E-state index in [9.17, 15) is 4.79 Å². The third-order valence-electron chi connectivity index (χ3n) is 2.05. The number of amides is 1. The highest BCUT2D eigenvalue weighted by atomic mass is 79.9. The van der Waals surface area contributed by atoms with Crippen molar-refractivity contribution in [2.75, 3.05) is 10.6 Å². The third kappa shape index (κ3) is 2.80. The molecule has 0 bridgehead atoms. The van der Waals surface area contributed by atoms with E-state index in [0.717, 1.165) is 16.8 Å². The molecule has 78 valence electrons. The Labute approximate surface area is 97.2 Å². The molecule has 0 unspecified atom stereocenters. The Kier molecular flexibility index (Phi) is 3.87. The number of carbonyl (C=O) groups excluding carboxylic acids is 1. The molecule has 4 heteroatoms. The number of hydrogen-bond donors (Lipinski definition) is 1. The van der Waals surface area contributed by atoms with E-state index in [-0.39, 0.29) is 11.2 Å². The van der Waals surface area contributed by atoms with Gasteiger partial charge in [0.1, 0.15) is 0 Å². The molecule has 0 aromatic heterocycles. The number of halogens is 1. The van der Waals surface area contributed by atoms with E-state index in [4.69, 9.17) is 5.26 Å². The first kappa shape index (κ1) is 11.7. The molecule has 1 rings (SSSR count). The van der Waals surface area contributed by atoms with Crippen LogP contribution in [-0.2, 0) is 4.79 Å². The van der Waals surface area contributed by atoms with Crippen LogP contribution < -0.4 is 5.32 Å². The fourth-order valence-corrected chi connectivity index (χ4v) is 1.54. The van der Waals surface area contributed by atoms with Crippen molar-refractivity contribution in [1.29, 1.82) is 5.26 Å². The normalized spacial score (nSPS) is 9.47. The van der Waals surface area contributed by atoms with Crippen LogP contribution in [0.3, 0.4) is 0 Å². The SMILES string of the molecule is Cc1cc(C#N)cc(C)c1NC(=O)CBr. The largest absolute Gasteiger partial charge is 0.325 e. The number of aryl methyl sites for hydroxylation is 2. The molecule has 0 aliphatic heterocycles. The summed E-state index contributed by atoms with van der Waals surface area (Å²) < 4.78 is 0. The van der Waals surface area contributed by atoms with Crippen molar-refractivity contribution in [3.63, 3.8) is 0 Å². The zero-order valence-corrected chi connectivity index (χ0v) is 10.2. The Morgan fingerprint density at radius 2 is 2.00 bits per heavy atom. The lowest BCUT2D eigenvalue weighted by molar-refractivity contribution is -0.113. The van der Waals surface area contributed by atoms with Crippen LogP contribution in [0.5, 0.6) is 0 Å². The lowest BCUT2D eigenvalue weighted by Gasteiger charge is -2.10. The van der Waals surface area contributed by atoms with Gasteiger partial charge in [-0.1, -0.05) is 15.9 Å². The Hall–Kier alpha value is -1.34. The van der Waals surface area contributed by atoms with Gasteiger partial charge in [-0.15, -0.1) is 0 Å². The number of nitrogens with zero attached hydrogens (tertiary/aromatic N) is 1. The molecular weight excluding hydrogens is 256 g/mol. The van der Waals surface area contributed by atoms with Crippen LogP contribution in [-0.4, -0.2) is 11.2 Å². The topological polar surface area (TPSA) is 52.9 Å². The summed E-state index contributed by atoms with van der Waals surface area (Å²) in [5.74, 6) is -0.0918. The average molecular weight is 267 g/mol. The second-order valence-corrected chi connectivity index (χ2v) is 3.84. The van der Waals surface area contributed by atoms with Gasteiger partial charge in [-0.25, -0.2) is 0 Å². The fraction of sp³-hybridized carbons (Fsp3) is 0.273. The van der Waals surface area contributed by atoms with Crippen molar-refractivity contribution < 1.29 is 4.79 Å². The van der Waals surface area contributed by atoms with Crippen LogP contribution in [0, 0.1) is 25.2 Å². The number of anilines is 1. The smallest absolute Gasteiger partial charge is 0.235 e. The molecule has 0 aliphatic rings. The molecule has 0 fully saturated rings. The highest BCUT2D eigenvalue weighted by Gasteiger charge is 2.07. The van der Waals surface area contributed by atoms with Crippen LogP contribution in [0.1, 0.15) is 16.7 Å². The van der Waals surface area contributed by atoms with Crippen LogP contribution in [0.25, 0.3) is 0 Å². The molecule has 0 spiro atoms. The minimum atomic E-state index is -0.0918. The van der Waals surface area contributed by atoms with E-state index in [2.05, 4.69) is 27.3 Å². The number of rotatable bonds is 2. The summed E-state index contributed by atoms with van der Waals surface area (Å²) >= 11 is 3.09. The van der Waals surface area contributed by atoms with E-state index in [0.29, 0.717) is 5.56 Å². The van der Waals surface area contributed by atoms with Crippen molar-refractivity contribution in [3.8, 4) is 6.07 Å². The van der Waals surface area contributed by atoms with Gasteiger partial charge in [-0.2, -0.15) is 5.26 Å². The van der Waals surface area contributed by atoms with Gasteiger partial charge in [0, 0.05) is 5.69 Å². The van der Waals surface area contributed by atoms with E-state index in [1.165, 1.54) is 0 Å².